The number of hydrogen-bond donors (Lipinski definition) is 4. The first-order chi connectivity index (χ1) is 14.9. The summed E-state index contributed by atoms with van der Waals surface area (Å²) in [6, 6.07) is -1.27. The Balaban J connectivity index is 1.70. The molecule has 0 aliphatic carbocycles. The largest absolute Gasteiger partial charge is 0.342 e. The number of thiol groups is 1. The molecule has 3 N–H and O–H groups in total. The first kappa shape index (κ1) is 21.9. The summed E-state index contributed by atoms with van der Waals surface area (Å²) in [6.45, 7) is 3.58. The molecule has 3 atom stereocenters. The van der Waals surface area contributed by atoms with Crippen LogP contribution in [0.3, 0.4) is 0 Å². The van der Waals surface area contributed by atoms with Crippen molar-refractivity contribution < 1.29 is 14.4 Å². The summed E-state index contributed by atoms with van der Waals surface area (Å²) in [7, 11) is 0. The van der Waals surface area contributed by atoms with Gasteiger partial charge in [0.25, 0.3) is 17.7 Å². The number of amides is 3. The van der Waals surface area contributed by atoms with E-state index in [1.54, 1.807) is 30.0 Å². The Bertz CT molecular complexity index is 1140. The average Bonchev–Trinajstić information content (AvgIpc) is 3.51. The van der Waals surface area contributed by atoms with Crippen LogP contribution >= 0.6 is 46.6 Å². The molecule has 0 spiro atoms. The van der Waals surface area contributed by atoms with E-state index in [2.05, 4.69) is 43.5 Å². The normalized spacial score (nSPS) is 22.2. The lowest BCUT2D eigenvalue weighted by Gasteiger charge is -2.14. The molecule has 162 valence electrons. The van der Waals surface area contributed by atoms with Crippen molar-refractivity contribution in [2.24, 2.45) is 0 Å². The molecule has 1 aliphatic heterocycles. The SMILES string of the molecule is C[C@@H]1NC(=O)c2csc(n2)[C@H](CS)NC(=O)c2csc(n2)[C@H](C)NC(=O)c2csc1n2. The number of nitrogens with one attached hydrogen (secondary N) is 3. The van der Waals surface area contributed by atoms with Gasteiger partial charge >= 0.3 is 0 Å². The average molecular weight is 495 g/mol. The van der Waals surface area contributed by atoms with Crippen molar-refractivity contribution >= 4 is 64.4 Å². The van der Waals surface area contributed by atoms with Crippen molar-refractivity contribution in [3.05, 3.63) is 48.2 Å². The third-order valence-corrected chi connectivity index (χ3v) is 7.86. The van der Waals surface area contributed by atoms with Gasteiger partial charge in [-0.3, -0.25) is 14.4 Å². The first-order valence-corrected chi connectivity index (χ1v) is 12.5. The summed E-state index contributed by atoms with van der Waals surface area (Å²) in [5, 5.41) is 15.3. The number of thiazole rings is 3. The molecule has 13 heteroatoms. The van der Waals surface area contributed by atoms with Crippen molar-refractivity contribution in [1.82, 2.24) is 30.9 Å². The molecule has 3 amide bonds. The Morgan fingerprint density at radius 2 is 1.13 bits per heavy atom. The fraction of sp³-hybridized carbons (Fsp3) is 0.333. The molecular weight excluding hydrogens is 477 g/mol. The summed E-state index contributed by atoms with van der Waals surface area (Å²) in [4.78, 5) is 51.0. The Morgan fingerprint density at radius 3 is 1.58 bits per heavy atom. The van der Waals surface area contributed by atoms with Crippen molar-refractivity contribution in [3.8, 4) is 0 Å². The van der Waals surface area contributed by atoms with E-state index >= 15 is 0 Å². The summed E-state index contributed by atoms with van der Waals surface area (Å²) in [5.41, 5.74) is 0.748. The van der Waals surface area contributed by atoms with E-state index in [1.807, 2.05) is 0 Å². The van der Waals surface area contributed by atoms with Gasteiger partial charge in [0, 0.05) is 21.9 Å². The minimum absolute atomic E-state index is 0.244. The van der Waals surface area contributed by atoms with E-state index in [0.717, 1.165) is 0 Å². The van der Waals surface area contributed by atoms with E-state index in [0.29, 0.717) is 20.8 Å². The minimum atomic E-state index is -0.470. The lowest BCUT2D eigenvalue weighted by atomic mass is 10.3. The molecule has 0 unspecified atom stereocenters. The molecule has 9 nitrogen and oxygen atoms in total. The van der Waals surface area contributed by atoms with Gasteiger partial charge in [0.1, 0.15) is 32.1 Å². The Hall–Kier alpha value is -2.35. The van der Waals surface area contributed by atoms with Crippen LogP contribution in [0.5, 0.6) is 0 Å². The predicted octanol–water partition coefficient (Wildman–Crippen LogP) is 2.75. The molecule has 6 bridgehead atoms. The number of fused-ring (bicyclic) bond motifs is 6. The van der Waals surface area contributed by atoms with Gasteiger partial charge in [-0.2, -0.15) is 12.6 Å². The molecule has 3 aromatic rings. The molecular formula is C18H18N6O3S4. The minimum Gasteiger partial charge on any atom is -0.342 e. The van der Waals surface area contributed by atoms with Crippen LogP contribution in [0.2, 0.25) is 0 Å². The van der Waals surface area contributed by atoms with Crippen LogP contribution in [0.15, 0.2) is 16.1 Å². The van der Waals surface area contributed by atoms with Crippen LogP contribution < -0.4 is 16.0 Å². The second kappa shape index (κ2) is 9.02. The molecule has 0 radical (unpaired) electrons. The number of rotatable bonds is 1. The molecule has 4 heterocycles. The highest BCUT2D eigenvalue weighted by molar-refractivity contribution is 7.80. The molecule has 4 rings (SSSR count). The highest BCUT2D eigenvalue weighted by Crippen LogP contribution is 2.24. The highest BCUT2D eigenvalue weighted by Gasteiger charge is 2.24. The van der Waals surface area contributed by atoms with Gasteiger partial charge in [-0.05, 0) is 13.8 Å². The highest BCUT2D eigenvalue weighted by atomic mass is 32.1. The maximum atomic E-state index is 12.7. The number of carbonyl (C=O) groups excluding carboxylic acids is 3. The van der Waals surface area contributed by atoms with Crippen LogP contribution in [-0.2, 0) is 0 Å². The van der Waals surface area contributed by atoms with Crippen molar-refractivity contribution in [2.45, 2.75) is 32.0 Å². The summed E-state index contributed by atoms with van der Waals surface area (Å²) in [5.74, 6) is -0.781. The molecule has 3 aromatic heterocycles. The molecule has 0 fully saturated rings. The molecule has 1 aliphatic rings. The first-order valence-electron chi connectivity index (χ1n) is 9.25. The van der Waals surface area contributed by atoms with Crippen LogP contribution in [0.4, 0.5) is 0 Å². The van der Waals surface area contributed by atoms with Crippen molar-refractivity contribution in [3.63, 3.8) is 0 Å². The van der Waals surface area contributed by atoms with Crippen LogP contribution in [0.1, 0.15) is 78.5 Å². The summed E-state index contributed by atoms with van der Waals surface area (Å²) in [6.07, 6.45) is 0. The van der Waals surface area contributed by atoms with E-state index < -0.39 is 18.1 Å². The van der Waals surface area contributed by atoms with Gasteiger partial charge < -0.3 is 16.0 Å². The monoisotopic (exact) mass is 494 g/mol. The smallest absolute Gasteiger partial charge is 0.271 e. The zero-order valence-electron chi connectivity index (χ0n) is 16.4. The third-order valence-electron chi connectivity index (χ3n) is 4.49. The fourth-order valence-corrected chi connectivity index (χ4v) is 5.67. The summed E-state index contributed by atoms with van der Waals surface area (Å²) < 4.78 is 0. The van der Waals surface area contributed by atoms with Gasteiger partial charge in [-0.1, -0.05) is 0 Å². The van der Waals surface area contributed by atoms with Crippen molar-refractivity contribution in [1.29, 1.82) is 0 Å². The fourth-order valence-electron chi connectivity index (χ4n) is 2.82. The maximum Gasteiger partial charge on any atom is 0.271 e. The van der Waals surface area contributed by atoms with E-state index in [1.165, 1.54) is 34.0 Å². The van der Waals surface area contributed by atoms with Gasteiger partial charge in [0.05, 0.1) is 18.1 Å². The molecule has 31 heavy (non-hydrogen) atoms. The van der Waals surface area contributed by atoms with Gasteiger partial charge in [-0.15, -0.1) is 34.0 Å². The molecule has 0 saturated heterocycles. The zero-order chi connectivity index (χ0) is 22.1. The van der Waals surface area contributed by atoms with Crippen LogP contribution in [0, 0.1) is 0 Å². The third kappa shape index (κ3) is 4.63. The van der Waals surface area contributed by atoms with E-state index in [9.17, 15) is 14.4 Å². The lowest BCUT2D eigenvalue weighted by Crippen LogP contribution is -2.31. The van der Waals surface area contributed by atoms with Crippen LogP contribution in [0.25, 0.3) is 0 Å². The number of nitrogens with zero attached hydrogens (tertiary/aromatic N) is 3. The van der Waals surface area contributed by atoms with E-state index in [-0.39, 0.29) is 34.8 Å². The Labute approximate surface area is 195 Å². The standard InChI is InChI=1S/C18H18N6O3S4/c1-7-16-22-10(4-29-16)13(25)19-8(2)17-23-12(5-30-17)15(27)21-9(3-28)18-24-11(6-31-18)14(26)20-7/h4-9,28H,3H2,1-2H3,(H,19,25)(H,20,26)(H,21,27)/t7-,8-,9-/m0/s1. The lowest BCUT2D eigenvalue weighted by molar-refractivity contribution is 0.0931. The maximum absolute atomic E-state index is 12.7. The quantitative estimate of drug-likeness (QED) is 0.386. The molecule has 0 saturated carbocycles. The second-order valence-electron chi connectivity index (χ2n) is 6.81. The Morgan fingerprint density at radius 1 is 0.742 bits per heavy atom. The summed E-state index contributed by atoms with van der Waals surface area (Å²) >= 11 is 8.17. The number of carbonyl (C=O) groups is 3. The van der Waals surface area contributed by atoms with Gasteiger partial charge in [0.15, 0.2) is 0 Å². The molecule has 0 aromatic carbocycles. The van der Waals surface area contributed by atoms with E-state index in [4.69, 9.17) is 0 Å². The number of hydrogen-bond acceptors (Lipinski definition) is 10. The van der Waals surface area contributed by atoms with Crippen molar-refractivity contribution in [2.75, 3.05) is 5.75 Å². The number of aromatic nitrogens is 3. The van der Waals surface area contributed by atoms with Crippen LogP contribution in [-0.4, -0.2) is 38.4 Å². The predicted molar refractivity (Wildman–Crippen MR) is 122 cm³/mol. The zero-order valence-corrected chi connectivity index (χ0v) is 19.8. The Kier molecular flexibility index (Phi) is 6.36. The van der Waals surface area contributed by atoms with Gasteiger partial charge in [-0.25, -0.2) is 15.0 Å². The van der Waals surface area contributed by atoms with Gasteiger partial charge in [0.2, 0.25) is 0 Å². The second-order valence-corrected chi connectivity index (χ2v) is 9.85. The topological polar surface area (TPSA) is 126 Å².